The number of carbonyl (C=O) groups is 2. The molecule has 0 spiro atoms. The number of carbonyl (C=O) groups excluding carboxylic acids is 2. The van der Waals surface area contributed by atoms with E-state index < -0.39 is 11.9 Å². The molecule has 0 saturated carbocycles. The van der Waals surface area contributed by atoms with Gasteiger partial charge in [0.1, 0.15) is 6.04 Å². The van der Waals surface area contributed by atoms with Gasteiger partial charge in [0, 0.05) is 21.5 Å². The monoisotopic (exact) mass is 380 g/mol. The molecule has 0 aliphatic rings. The van der Waals surface area contributed by atoms with E-state index >= 15 is 0 Å². The predicted molar refractivity (Wildman–Crippen MR) is 89.7 cm³/mol. The molecule has 2 aromatic rings. The Hall–Kier alpha value is -1.85. The number of halogens is 2. The summed E-state index contributed by atoms with van der Waals surface area (Å²) < 4.78 is 0.780. The summed E-state index contributed by atoms with van der Waals surface area (Å²) in [5.74, 6) is -0.972. The molecular formula is C16H14BrClN2O2. The average molecular weight is 382 g/mol. The molecule has 0 heterocycles. The van der Waals surface area contributed by atoms with E-state index in [0.29, 0.717) is 10.6 Å². The lowest BCUT2D eigenvalue weighted by Gasteiger charge is -2.16. The average Bonchev–Trinajstić information content (AvgIpc) is 2.48. The summed E-state index contributed by atoms with van der Waals surface area (Å²) in [5.41, 5.74) is 6.58. The largest absolute Gasteiger partial charge is 0.368 e. The van der Waals surface area contributed by atoms with Gasteiger partial charge in [-0.3, -0.25) is 9.59 Å². The van der Waals surface area contributed by atoms with Crippen LogP contribution in [-0.2, 0) is 11.2 Å². The van der Waals surface area contributed by atoms with Gasteiger partial charge in [-0.25, -0.2) is 0 Å². The number of amides is 2. The molecule has 0 saturated heterocycles. The first-order valence-corrected chi connectivity index (χ1v) is 7.73. The van der Waals surface area contributed by atoms with Crippen molar-refractivity contribution in [2.75, 3.05) is 0 Å². The lowest BCUT2D eigenvalue weighted by Crippen LogP contribution is -2.45. The molecule has 0 aromatic heterocycles. The van der Waals surface area contributed by atoms with E-state index in [0.717, 1.165) is 10.0 Å². The van der Waals surface area contributed by atoms with Gasteiger partial charge < -0.3 is 11.1 Å². The third-order valence-corrected chi connectivity index (χ3v) is 3.98. The molecule has 0 fully saturated rings. The molecule has 2 rings (SSSR count). The highest BCUT2D eigenvalue weighted by atomic mass is 79.9. The van der Waals surface area contributed by atoms with Crippen LogP contribution in [0.2, 0.25) is 5.02 Å². The lowest BCUT2D eigenvalue weighted by atomic mass is 10.0. The van der Waals surface area contributed by atoms with Crippen LogP contribution in [-0.4, -0.2) is 17.9 Å². The van der Waals surface area contributed by atoms with Crippen LogP contribution in [0.5, 0.6) is 0 Å². The first-order chi connectivity index (χ1) is 10.5. The van der Waals surface area contributed by atoms with Crippen molar-refractivity contribution < 1.29 is 9.59 Å². The fourth-order valence-electron chi connectivity index (χ4n) is 1.98. The van der Waals surface area contributed by atoms with Gasteiger partial charge in [-0.1, -0.05) is 51.8 Å². The minimum atomic E-state index is -0.827. The standard InChI is InChI=1S/C16H14BrClN2O2/c17-12-6-3-5-11(8-12)16(22)20-14(15(19)21)9-10-4-1-2-7-13(10)18/h1-8,14H,9H2,(H2,19,21)(H,20,22)/t14-/m1/s1. The second-order valence-corrected chi connectivity index (χ2v) is 6.06. The molecule has 2 amide bonds. The van der Waals surface area contributed by atoms with Crippen molar-refractivity contribution in [2.45, 2.75) is 12.5 Å². The smallest absolute Gasteiger partial charge is 0.251 e. The first kappa shape index (κ1) is 16.5. The van der Waals surface area contributed by atoms with Crippen molar-refractivity contribution in [3.05, 3.63) is 69.2 Å². The molecule has 0 radical (unpaired) electrons. The number of benzene rings is 2. The highest BCUT2D eigenvalue weighted by Gasteiger charge is 2.20. The van der Waals surface area contributed by atoms with Crippen LogP contribution in [0.3, 0.4) is 0 Å². The second kappa shape index (κ2) is 7.42. The number of nitrogens with one attached hydrogen (secondary N) is 1. The highest BCUT2D eigenvalue weighted by molar-refractivity contribution is 9.10. The SMILES string of the molecule is NC(=O)[C@@H](Cc1ccccc1Cl)NC(=O)c1cccc(Br)c1. The molecule has 22 heavy (non-hydrogen) atoms. The molecule has 3 N–H and O–H groups in total. The zero-order valence-corrected chi connectivity index (χ0v) is 13.9. The van der Waals surface area contributed by atoms with E-state index in [2.05, 4.69) is 21.2 Å². The van der Waals surface area contributed by atoms with Crippen LogP contribution < -0.4 is 11.1 Å². The van der Waals surface area contributed by atoms with E-state index in [4.69, 9.17) is 17.3 Å². The van der Waals surface area contributed by atoms with Gasteiger partial charge in [-0.15, -0.1) is 0 Å². The van der Waals surface area contributed by atoms with Crippen molar-refractivity contribution in [2.24, 2.45) is 5.73 Å². The second-order valence-electron chi connectivity index (χ2n) is 4.73. The summed E-state index contributed by atoms with van der Waals surface area (Å²) >= 11 is 9.38. The summed E-state index contributed by atoms with van der Waals surface area (Å²) in [6.45, 7) is 0. The Labute approximate surface area is 141 Å². The Kier molecular flexibility index (Phi) is 5.57. The lowest BCUT2D eigenvalue weighted by molar-refractivity contribution is -0.119. The zero-order valence-electron chi connectivity index (χ0n) is 11.6. The molecule has 6 heteroatoms. The molecule has 2 aromatic carbocycles. The fraction of sp³-hybridized carbons (Fsp3) is 0.125. The quantitative estimate of drug-likeness (QED) is 0.836. The number of nitrogens with two attached hydrogens (primary N) is 1. The van der Waals surface area contributed by atoms with Crippen molar-refractivity contribution in [3.8, 4) is 0 Å². The first-order valence-electron chi connectivity index (χ1n) is 6.56. The van der Waals surface area contributed by atoms with E-state index in [1.54, 1.807) is 36.4 Å². The minimum absolute atomic E-state index is 0.245. The molecular weight excluding hydrogens is 368 g/mol. The molecule has 0 unspecified atom stereocenters. The van der Waals surface area contributed by atoms with Crippen molar-refractivity contribution in [1.82, 2.24) is 5.32 Å². The van der Waals surface area contributed by atoms with Crippen LogP contribution in [0.1, 0.15) is 15.9 Å². The van der Waals surface area contributed by atoms with Crippen molar-refractivity contribution in [1.29, 1.82) is 0 Å². The summed E-state index contributed by atoms with van der Waals surface area (Å²) in [6, 6.07) is 13.2. The Morgan fingerprint density at radius 2 is 1.91 bits per heavy atom. The van der Waals surface area contributed by atoms with E-state index in [9.17, 15) is 9.59 Å². The number of rotatable bonds is 5. The number of hydrogen-bond donors (Lipinski definition) is 2. The molecule has 114 valence electrons. The molecule has 1 atom stereocenters. The van der Waals surface area contributed by atoms with Crippen molar-refractivity contribution in [3.63, 3.8) is 0 Å². The third kappa shape index (κ3) is 4.32. The number of primary amides is 1. The van der Waals surface area contributed by atoms with Crippen LogP contribution in [0, 0.1) is 0 Å². The Bertz CT molecular complexity index is 706. The van der Waals surface area contributed by atoms with Gasteiger partial charge >= 0.3 is 0 Å². The van der Waals surface area contributed by atoms with Gasteiger partial charge in [-0.05, 0) is 29.8 Å². The van der Waals surface area contributed by atoms with Crippen LogP contribution in [0.15, 0.2) is 53.0 Å². The van der Waals surface area contributed by atoms with Crippen LogP contribution in [0.25, 0.3) is 0 Å². The van der Waals surface area contributed by atoms with Crippen LogP contribution >= 0.6 is 27.5 Å². The minimum Gasteiger partial charge on any atom is -0.368 e. The van der Waals surface area contributed by atoms with Gasteiger partial charge in [0.05, 0.1) is 0 Å². The van der Waals surface area contributed by atoms with Gasteiger partial charge in [-0.2, -0.15) is 0 Å². The zero-order chi connectivity index (χ0) is 16.1. The van der Waals surface area contributed by atoms with E-state index in [1.807, 2.05) is 12.1 Å². The summed E-state index contributed by atoms with van der Waals surface area (Å²) in [6.07, 6.45) is 0.245. The van der Waals surface area contributed by atoms with E-state index in [-0.39, 0.29) is 12.3 Å². The Morgan fingerprint density at radius 1 is 1.18 bits per heavy atom. The predicted octanol–water partition coefficient (Wildman–Crippen LogP) is 2.93. The van der Waals surface area contributed by atoms with Gasteiger partial charge in [0.15, 0.2) is 0 Å². The fourth-order valence-corrected chi connectivity index (χ4v) is 2.59. The maximum atomic E-state index is 12.2. The maximum absolute atomic E-state index is 12.2. The number of hydrogen-bond acceptors (Lipinski definition) is 2. The van der Waals surface area contributed by atoms with Crippen molar-refractivity contribution >= 4 is 39.3 Å². The van der Waals surface area contributed by atoms with E-state index in [1.165, 1.54) is 0 Å². The molecule has 0 aliphatic carbocycles. The molecule has 4 nitrogen and oxygen atoms in total. The Morgan fingerprint density at radius 3 is 2.55 bits per heavy atom. The molecule has 0 aliphatic heterocycles. The topological polar surface area (TPSA) is 72.2 Å². The summed E-state index contributed by atoms with van der Waals surface area (Å²) in [5, 5.41) is 3.18. The third-order valence-electron chi connectivity index (χ3n) is 3.12. The van der Waals surface area contributed by atoms with Gasteiger partial charge in [0.2, 0.25) is 5.91 Å². The highest BCUT2D eigenvalue weighted by Crippen LogP contribution is 2.17. The van der Waals surface area contributed by atoms with Gasteiger partial charge in [0.25, 0.3) is 5.91 Å². The Balaban J connectivity index is 2.14. The maximum Gasteiger partial charge on any atom is 0.251 e. The van der Waals surface area contributed by atoms with Crippen LogP contribution in [0.4, 0.5) is 0 Å². The summed E-state index contributed by atoms with van der Waals surface area (Å²) in [7, 11) is 0. The summed E-state index contributed by atoms with van der Waals surface area (Å²) in [4.78, 5) is 23.8. The molecule has 0 bridgehead atoms. The normalized spacial score (nSPS) is 11.7.